The number of carbonyl (C=O) groups is 1. The lowest BCUT2D eigenvalue weighted by Gasteiger charge is -2.09. The van der Waals surface area contributed by atoms with Crippen molar-refractivity contribution in [3.8, 4) is 0 Å². The van der Waals surface area contributed by atoms with Gasteiger partial charge in [0.15, 0.2) is 0 Å². The zero-order chi connectivity index (χ0) is 13.1. The van der Waals surface area contributed by atoms with Crippen molar-refractivity contribution in [3.63, 3.8) is 0 Å². The van der Waals surface area contributed by atoms with Crippen molar-refractivity contribution in [3.05, 3.63) is 23.0 Å². The van der Waals surface area contributed by atoms with Crippen molar-refractivity contribution in [2.24, 2.45) is 0 Å². The smallest absolute Gasteiger partial charge is 0.390 e. The van der Waals surface area contributed by atoms with E-state index in [9.17, 15) is 18.0 Å². The molecule has 0 atom stereocenters. The van der Waals surface area contributed by atoms with E-state index in [0.717, 1.165) is 0 Å². The third-order valence-corrected chi connectivity index (χ3v) is 2.05. The summed E-state index contributed by atoms with van der Waals surface area (Å²) in [6, 6.07) is 1.19. The molecule has 0 radical (unpaired) electrons. The third kappa shape index (κ3) is 4.48. The maximum Gasteiger partial charge on any atom is 0.390 e. The monoisotopic (exact) mass is 267 g/mol. The average Bonchev–Trinajstić information content (AvgIpc) is 2.19. The molecule has 0 bridgehead atoms. The fourth-order valence-corrected chi connectivity index (χ4v) is 1.21. The Morgan fingerprint density at radius 3 is 2.76 bits per heavy atom. The number of aromatic nitrogens is 1. The summed E-state index contributed by atoms with van der Waals surface area (Å²) in [5, 5.41) is 2.14. The molecule has 0 spiro atoms. The number of nitrogens with two attached hydrogens (primary N) is 1. The van der Waals surface area contributed by atoms with Gasteiger partial charge in [-0.2, -0.15) is 13.2 Å². The molecule has 0 aliphatic rings. The van der Waals surface area contributed by atoms with Gasteiger partial charge in [-0.15, -0.1) is 0 Å². The summed E-state index contributed by atoms with van der Waals surface area (Å²) in [5.41, 5.74) is 5.50. The Balaban J connectivity index is 2.61. The summed E-state index contributed by atoms with van der Waals surface area (Å²) < 4.78 is 35.5. The van der Waals surface area contributed by atoms with Crippen LogP contribution in [-0.4, -0.2) is 23.6 Å². The number of rotatable bonds is 3. The van der Waals surface area contributed by atoms with Crippen molar-refractivity contribution in [1.29, 1.82) is 0 Å². The Kier molecular flexibility index (Phi) is 4.17. The number of hydrogen-bond donors (Lipinski definition) is 2. The van der Waals surface area contributed by atoms with Gasteiger partial charge in [0, 0.05) is 6.54 Å². The molecule has 1 heterocycles. The molecule has 1 aromatic heterocycles. The van der Waals surface area contributed by atoms with Crippen LogP contribution < -0.4 is 11.1 Å². The number of alkyl halides is 3. The Morgan fingerprint density at radius 2 is 2.18 bits per heavy atom. The molecule has 1 amide bonds. The minimum atomic E-state index is -4.31. The summed E-state index contributed by atoms with van der Waals surface area (Å²) in [6.45, 7) is -0.512. The van der Waals surface area contributed by atoms with Crippen LogP contribution in [0.25, 0.3) is 0 Å². The summed E-state index contributed by atoms with van der Waals surface area (Å²) in [4.78, 5) is 15.1. The molecule has 0 unspecified atom stereocenters. The molecule has 0 saturated heterocycles. The van der Waals surface area contributed by atoms with Crippen molar-refractivity contribution in [2.75, 3.05) is 12.3 Å². The second-order valence-electron chi connectivity index (χ2n) is 3.22. The van der Waals surface area contributed by atoms with E-state index >= 15 is 0 Å². The second kappa shape index (κ2) is 5.22. The van der Waals surface area contributed by atoms with Crippen molar-refractivity contribution in [1.82, 2.24) is 10.3 Å². The fraction of sp³-hybridized carbons (Fsp3) is 0.333. The van der Waals surface area contributed by atoms with Crippen LogP contribution in [0.5, 0.6) is 0 Å². The molecule has 1 aromatic rings. The topological polar surface area (TPSA) is 68.0 Å². The highest BCUT2D eigenvalue weighted by Gasteiger charge is 2.26. The maximum absolute atomic E-state index is 11.8. The van der Waals surface area contributed by atoms with E-state index in [0.29, 0.717) is 0 Å². The molecule has 0 aromatic carbocycles. The number of carbonyl (C=O) groups excluding carboxylic acids is 1. The van der Waals surface area contributed by atoms with Crippen LogP contribution >= 0.6 is 11.6 Å². The number of nitrogen functional groups attached to an aromatic ring is 1. The summed E-state index contributed by atoms with van der Waals surface area (Å²) in [5.74, 6) is -0.712. The van der Waals surface area contributed by atoms with E-state index in [-0.39, 0.29) is 16.4 Å². The van der Waals surface area contributed by atoms with Gasteiger partial charge < -0.3 is 11.1 Å². The standard InChI is InChI=1S/C9H9ClF3N3O/c10-7-3-5(6(14)4-16-7)8(17)15-2-1-9(11,12)13/h3-4H,1-2,14H2,(H,15,17). The van der Waals surface area contributed by atoms with Crippen molar-refractivity contribution < 1.29 is 18.0 Å². The molecule has 4 nitrogen and oxygen atoms in total. The van der Waals surface area contributed by atoms with E-state index in [2.05, 4.69) is 10.3 Å². The van der Waals surface area contributed by atoms with E-state index in [1.165, 1.54) is 12.3 Å². The SMILES string of the molecule is Nc1cnc(Cl)cc1C(=O)NCCC(F)(F)F. The number of nitrogens with one attached hydrogen (secondary N) is 1. The summed E-state index contributed by atoms with van der Waals surface area (Å²) in [6.07, 6.45) is -4.24. The number of halogens is 4. The van der Waals surface area contributed by atoms with Gasteiger partial charge >= 0.3 is 6.18 Å². The van der Waals surface area contributed by atoms with Gasteiger partial charge in [0.2, 0.25) is 0 Å². The first-order chi connectivity index (χ1) is 7.79. The highest BCUT2D eigenvalue weighted by atomic mass is 35.5. The summed E-state index contributed by atoms with van der Waals surface area (Å²) >= 11 is 5.54. The lowest BCUT2D eigenvalue weighted by Crippen LogP contribution is -2.28. The predicted octanol–water partition coefficient (Wildman–Crippen LogP) is 2.00. The Bertz CT molecular complexity index is 422. The normalized spacial score (nSPS) is 11.3. The first kappa shape index (κ1) is 13.6. The van der Waals surface area contributed by atoms with Crippen LogP contribution in [0, 0.1) is 0 Å². The van der Waals surface area contributed by atoms with E-state index in [1.807, 2.05) is 0 Å². The lowest BCUT2D eigenvalue weighted by molar-refractivity contribution is -0.132. The second-order valence-corrected chi connectivity index (χ2v) is 3.60. The van der Waals surface area contributed by atoms with Crippen LogP contribution in [0.2, 0.25) is 5.15 Å². The van der Waals surface area contributed by atoms with E-state index in [1.54, 1.807) is 0 Å². The molecule has 3 N–H and O–H groups in total. The zero-order valence-electron chi connectivity index (χ0n) is 8.51. The largest absolute Gasteiger partial charge is 0.397 e. The van der Waals surface area contributed by atoms with Crippen LogP contribution in [-0.2, 0) is 0 Å². The maximum atomic E-state index is 11.8. The number of pyridine rings is 1. The van der Waals surface area contributed by atoms with Crippen LogP contribution in [0.4, 0.5) is 18.9 Å². The van der Waals surface area contributed by atoms with Crippen molar-refractivity contribution in [2.45, 2.75) is 12.6 Å². The molecular formula is C9H9ClF3N3O. The Hall–Kier alpha value is -1.50. The number of hydrogen-bond acceptors (Lipinski definition) is 3. The van der Waals surface area contributed by atoms with E-state index < -0.39 is 25.0 Å². The molecule has 0 aliphatic carbocycles. The average molecular weight is 268 g/mol. The fourth-order valence-electron chi connectivity index (χ4n) is 1.05. The van der Waals surface area contributed by atoms with Gasteiger partial charge in [0.05, 0.1) is 23.9 Å². The highest BCUT2D eigenvalue weighted by molar-refractivity contribution is 6.29. The molecule has 1 rings (SSSR count). The third-order valence-electron chi connectivity index (χ3n) is 1.84. The van der Waals surface area contributed by atoms with Crippen LogP contribution in [0.15, 0.2) is 12.3 Å². The zero-order valence-corrected chi connectivity index (χ0v) is 9.27. The van der Waals surface area contributed by atoms with E-state index in [4.69, 9.17) is 17.3 Å². The van der Waals surface area contributed by atoms with Crippen molar-refractivity contribution >= 4 is 23.2 Å². The Labute approximate surface area is 100.0 Å². The van der Waals surface area contributed by atoms with Gasteiger partial charge in [-0.3, -0.25) is 4.79 Å². The minimum absolute atomic E-state index is 0.00664. The lowest BCUT2D eigenvalue weighted by atomic mass is 10.2. The molecule has 0 fully saturated rings. The minimum Gasteiger partial charge on any atom is -0.397 e. The van der Waals surface area contributed by atoms with Gasteiger partial charge in [-0.05, 0) is 6.07 Å². The van der Waals surface area contributed by atoms with Gasteiger partial charge in [-0.1, -0.05) is 11.6 Å². The summed E-state index contributed by atoms with van der Waals surface area (Å²) in [7, 11) is 0. The van der Waals surface area contributed by atoms with Gasteiger partial charge in [0.1, 0.15) is 5.15 Å². The molecule has 0 saturated carbocycles. The molecule has 17 heavy (non-hydrogen) atoms. The first-order valence-corrected chi connectivity index (χ1v) is 4.93. The molecule has 94 valence electrons. The first-order valence-electron chi connectivity index (χ1n) is 4.55. The van der Waals surface area contributed by atoms with Gasteiger partial charge in [-0.25, -0.2) is 4.98 Å². The highest BCUT2D eigenvalue weighted by Crippen LogP contribution is 2.19. The predicted molar refractivity (Wildman–Crippen MR) is 56.7 cm³/mol. The van der Waals surface area contributed by atoms with Gasteiger partial charge in [0.25, 0.3) is 5.91 Å². The molecule has 0 aliphatic heterocycles. The molecular weight excluding hydrogens is 259 g/mol. The Morgan fingerprint density at radius 1 is 1.53 bits per heavy atom. The van der Waals surface area contributed by atoms with Crippen LogP contribution in [0.1, 0.15) is 16.8 Å². The van der Waals surface area contributed by atoms with Crippen LogP contribution in [0.3, 0.4) is 0 Å². The number of amides is 1. The number of nitrogens with zero attached hydrogens (tertiary/aromatic N) is 1. The quantitative estimate of drug-likeness (QED) is 0.823. The molecule has 8 heteroatoms. The number of anilines is 1.